The Hall–Kier alpha value is -1.36. The number of nitrogens with one attached hydrogen (secondary N) is 1. The van der Waals surface area contributed by atoms with Gasteiger partial charge in [0.15, 0.2) is 0 Å². The van der Waals surface area contributed by atoms with Gasteiger partial charge >= 0.3 is 0 Å². The van der Waals surface area contributed by atoms with Gasteiger partial charge in [-0.3, -0.25) is 10.1 Å². The third-order valence-corrected chi connectivity index (χ3v) is 7.45. The Morgan fingerprint density at radius 1 is 1.07 bits per heavy atom. The first kappa shape index (κ1) is 20.4. The van der Waals surface area contributed by atoms with Crippen LogP contribution in [0.3, 0.4) is 0 Å². The molecule has 1 N–H and O–H groups in total. The summed E-state index contributed by atoms with van der Waals surface area (Å²) in [7, 11) is -3.89. The maximum absolute atomic E-state index is 13.1. The summed E-state index contributed by atoms with van der Waals surface area (Å²) in [6.07, 6.45) is 0. The van der Waals surface area contributed by atoms with Gasteiger partial charge in [-0.15, -0.1) is 0 Å². The van der Waals surface area contributed by atoms with Crippen LogP contribution in [0.4, 0.5) is 5.69 Å². The number of halogens is 2. The first-order chi connectivity index (χ1) is 12.8. The summed E-state index contributed by atoms with van der Waals surface area (Å²) in [5, 5.41) is 15.1. The van der Waals surface area contributed by atoms with Crippen molar-refractivity contribution in [1.82, 2.24) is 9.62 Å². The molecule has 1 aliphatic rings. The fourth-order valence-corrected chi connectivity index (χ4v) is 6.19. The van der Waals surface area contributed by atoms with E-state index in [9.17, 15) is 18.5 Å². The number of hydrogen-bond donors (Lipinski definition) is 1. The highest BCUT2D eigenvalue weighted by atomic mass is 35.5. The molecular formula is C16H15Cl2N3O4S2. The zero-order valence-corrected chi connectivity index (χ0v) is 17.0. The molecular weight excluding hydrogens is 433 g/mol. The zero-order valence-electron chi connectivity index (χ0n) is 13.9. The van der Waals surface area contributed by atoms with Gasteiger partial charge in [0.2, 0.25) is 10.0 Å². The summed E-state index contributed by atoms with van der Waals surface area (Å²) >= 11 is 13.2. The van der Waals surface area contributed by atoms with Crippen molar-refractivity contribution in [2.75, 3.05) is 26.2 Å². The summed E-state index contributed by atoms with van der Waals surface area (Å²) in [5.41, 5.74) is -0.280. The number of piperazine rings is 1. The van der Waals surface area contributed by atoms with E-state index in [4.69, 9.17) is 23.2 Å². The van der Waals surface area contributed by atoms with Crippen LogP contribution in [0.25, 0.3) is 0 Å². The van der Waals surface area contributed by atoms with Crippen LogP contribution in [0.2, 0.25) is 10.0 Å². The number of hydrogen-bond acceptors (Lipinski definition) is 6. The minimum Gasteiger partial charge on any atom is -0.314 e. The zero-order chi connectivity index (χ0) is 19.6. The summed E-state index contributed by atoms with van der Waals surface area (Å²) < 4.78 is 27.6. The van der Waals surface area contributed by atoms with Crippen LogP contribution >= 0.6 is 35.0 Å². The molecule has 0 saturated carbocycles. The lowest BCUT2D eigenvalue weighted by molar-refractivity contribution is -0.385. The van der Waals surface area contributed by atoms with Crippen LogP contribution in [-0.2, 0) is 10.0 Å². The molecule has 0 radical (unpaired) electrons. The fraction of sp³-hybridized carbons (Fsp3) is 0.250. The standard InChI is InChI=1S/C16H15Cl2N3O4S2/c17-11-7-12(18)9-14(8-11)26-15-2-1-13(21(22)23)10-16(15)27(24,25)20-5-3-19-4-6-20/h1-2,7-10,19H,3-6H2. The largest absolute Gasteiger partial charge is 0.314 e. The summed E-state index contributed by atoms with van der Waals surface area (Å²) in [5.74, 6) is 0. The Bertz CT molecular complexity index is 959. The maximum atomic E-state index is 13.1. The second-order valence-electron chi connectivity index (χ2n) is 5.75. The Kier molecular flexibility index (Phi) is 6.29. The number of rotatable bonds is 5. The molecule has 0 aromatic heterocycles. The number of sulfonamides is 1. The SMILES string of the molecule is O=[N+]([O-])c1ccc(Sc2cc(Cl)cc(Cl)c2)c(S(=O)(=O)N2CCNCC2)c1. The third kappa shape index (κ3) is 4.74. The number of nitrogens with zero attached hydrogens (tertiary/aromatic N) is 2. The van der Waals surface area contributed by atoms with Crippen molar-refractivity contribution < 1.29 is 13.3 Å². The van der Waals surface area contributed by atoms with Crippen LogP contribution in [0.1, 0.15) is 0 Å². The van der Waals surface area contributed by atoms with Crippen molar-refractivity contribution in [2.45, 2.75) is 14.7 Å². The molecule has 0 unspecified atom stereocenters. The van der Waals surface area contributed by atoms with Gasteiger partial charge in [-0.1, -0.05) is 35.0 Å². The maximum Gasteiger partial charge on any atom is 0.270 e. The van der Waals surface area contributed by atoms with Crippen LogP contribution < -0.4 is 5.32 Å². The van der Waals surface area contributed by atoms with Crippen molar-refractivity contribution in [3.05, 3.63) is 56.6 Å². The number of non-ortho nitro benzene ring substituents is 1. The third-order valence-electron chi connectivity index (χ3n) is 3.90. The summed E-state index contributed by atoms with van der Waals surface area (Å²) in [6.45, 7) is 1.66. The Morgan fingerprint density at radius 2 is 1.70 bits per heavy atom. The monoisotopic (exact) mass is 447 g/mol. The van der Waals surface area contributed by atoms with Crippen molar-refractivity contribution >= 4 is 50.7 Å². The second-order valence-corrected chi connectivity index (χ2v) is 9.64. The minimum atomic E-state index is -3.89. The lowest BCUT2D eigenvalue weighted by atomic mass is 10.3. The summed E-state index contributed by atoms with van der Waals surface area (Å²) in [4.78, 5) is 11.5. The van der Waals surface area contributed by atoms with E-state index >= 15 is 0 Å². The lowest BCUT2D eigenvalue weighted by Gasteiger charge is -2.27. The van der Waals surface area contributed by atoms with Crippen molar-refractivity contribution in [1.29, 1.82) is 0 Å². The smallest absolute Gasteiger partial charge is 0.270 e. The molecule has 0 amide bonds. The van der Waals surface area contributed by atoms with Crippen molar-refractivity contribution in [3.8, 4) is 0 Å². The van der Waals surface area contributed by atoms with E-state index in [1.807, 2.05) is 0 Å². The molecule has 3 rings (SSSR count). The number of nitro benzene ring substituents is 1. The van der Waals surface area contributed by atoms with Gasteiger partial charge in [0.25, 0.3) is 5.69 Å². The normalized spacial score (nSPS) is 15.6. The van der Waals surface area contributed by atoms with E-state index in [-0.39, 0.29) is 10.6 Å². The molecule has 27 heavy (non-hydrogen) atoms. The Morgan fingerprint density at radius 3 is 2.30 bits per heavy atom. The molecule has 2 aromatic rings. The van der Waals surface area contributed by atoms with Gasteiger partial charge in [0.1, 0.15) is 4.90 Å². The van der Waals surface area contributed by atoms with E-state index in [2.05, 4.69) is 5.32 Å². The molecule has 0 spiro atoms. The predicted octanol–water partition coefficient (Wildman–Crippen LogP) is 3.65. The van der Waals surface area contributed by atoms with Gasteiger partial charge in [0, 0.05) is 58.1 Å². The highest BCUT2D eigenvalue weighted by molar-refractivity contribution is 8.00. The first-order valence-corrected chi connectivity index (χ1v) is 10.9. The highest BCUT2D eigenvalue weighted by Gasteiger charge is 2.30. The van der Waals surface area contributed by atoms with Gasteiger partial charge in [0.05, 0.1) is 4.92 Å². The molecule has 11 heteroatoms. The molecule has 0 aliphatic carbocycles. The van der Waals surface area contributed by atoms with Gasteiger partial charge in [-0.25, -0.2) is 8.42 Å². The van der Waals surface area contributed by atoms with Crippen LogP contribution in [0, 0.1) is 10.1 Å². The first-order valence-electron chi connectivity index (χ1n) is 7.90. The minimum absolute atomic E-state index is 0.0975. The average molecular weight is 448 g/mol. The van der Waals surface area contributed by atoms with Crippen LogP contribution in [-0.4, -0.2) is 43.8 Å². The van der Waals surface area contributed by atoms with Crippen LogP contribution in [0.5, 0.6) is 0 Å². The molecule has 1 fully saturated rings. The Balaban J connectivity index is 2.06. The molecule has 0 atom stereocenters. The van der Waals surface area contributed by atoms with E-state index in [1.54, 1.807) is 18.2 Å². The highest BCUT2D eigenvalue weighted by Crippen LogP contribution is 2.38. The molecule has 7 nitrogen and oxygen atoms in total. The molecule has 144 valence electrons. The van der Waals surface area contributed by atoms with E-state index in [0.29, 0.717) is 46.0 Å². The second kappa shape index (κ2) is 8.34. The topological polar surface area (TPSA) is 92.5 Å². The van der Waals surface area contributed by atoms with Crippen molar-refractivity contribution in [3.63, 3.8) is 0 Å². The molecule has 1 saturated heterocycles. The van der Waals surface area contributed by atoms with Crippen molar-refractivity contribution in [2.24, 2.45) is 0 Å². The van der Waals surface area contributed by atoms with E-state index in [1.165, 1.54) is 16.4 Å². The van der Waals surface area contributed by atoms with E-state index < -0.39 is 14.9 Å². The molecule has 2 aromatic carbocycles. The van der Waals surface area contributed by atoms with Gasteiger partial charge in [-0.2, -0.15) is 4.31 Å². The lowest BCUT2D eigenvalue weighted by Crippen LogP contribution is -2.46. The quantitative estimate of drug-likeness (QED) is 0.555. The van der Waals surface area contributed by atoms with E-state index in [0.717, 1.165) is 17.8 Å². The fourth-order valence-electron chi connectivity index (χ4n) is 2.63. The Labute approximate surface area is 170 Å². The molecule has 1 aliphatic heterocycles. The van der Waals surface area contributed by atoms with Gasteiger partial charge in [-0.05, 0) is 24.3 Å². The summed E-state index contributed by atoms with van der Waals surface area (Å²) in [6, 6.07) is 8.70. The molecule has 0 bridgehead atoms. The average Bonchev–Trinajstić information content (AvgIpc) is 2.61. The number of benzene rings is 2. The van der Waals surface area contributed by atoms with Gasteiger partial charge < -0.3 is 5.32 Å². The number of nitro groups is 1. The predicted molar refractivity (Wildman–Crippen MR) is 105 cm³/mol. The van der Waals surface area contributed by atoms with Crippen LogP contribution in [0.15, 0.2) is 51.1 Å². The molecule has 1 heterocycles.